The molecule has 0 saturated carbocycles. The summed E-state index contributed by atoms with van der Waals surface area (Å²) in [4.78, 5) is 21.7. The smallest absolute Gasteiger partial charge is 0.354 e. The second kappa shape index (κ2) is 4.69. The fourth-order valence-corrected chi connectivity index (χ4v) is 1.93. The SMILES string of the molecule is CC(C)c1nc(C(=O)O)cc(N2CCCC2)n1. The molecule has 0 aromatic carbocycles. The number of anilines is 1. The van der Waals surface area contributed by atoms with Crippen molar-refractivity contribution in [3.05, 3.63) is 17.6 Å². The third-order valence-electron chi connectivity index (χ3n) is 2.90. The molecule has 0 radical (unpaired) electrons. The van der Waals surface area contributed by atoms with E-state index in [9.17, 15) is 4.79 Å². The first-order valence-electron chi connectivity index (χ1n) is 5.95. The lowest BCUT2D eigenvalue weighted by molar-refractivity contribution is 0.0690. The summed E-state index contributed by atoms with van der Waals surface area (Å²) in [5, 5.41) is 9.05. The molecule has 0 unspecified atom stereocenters. The Bertz CT molecular complexity index is 426. The van der Waals surface area contributed by atoms with Crippen LogP contribution in [-0.2, 0) is 0 Å². The van der Waals surface area contributed by atoms with Crippen molar-refractivity contribution in [3.8, 4) is 0 Å². The van der Waals surface area contributed by atoms with E-state index in [4.69, 9.17) is 5.11 Å². The first kappa shape index (κ1) is 11.8. The lowest BCUT2D eigenvalue weighted by atomic mass is 10.2. The standard InChI is InChI=1S/C12H17N3O2/c1-8(2)11-13-9(12(16)17)7-10(14-11)15-5-3-4-6-15/h7-8H,3-6H2,1-2H3,(H,16,17). The molecule has 1 fully saturated rings. The van der Waals surface area contributed by atoms with Gasteiger partial charge in [-0.05, 0) is 12.8 Å². The van der Waals surface area contributed by atoms with Gasteiger partial charge in [-0.25, -0.2) is 14.8 Å². The van der Waals surface area contributed by atoms with Gasteiger partial charge in [0.15, 0.2) is 5.69 Å². The Kier molecular flexibility index (Phi) is 3.26. The Morgan fingerprint density at radius 2 is 2.00 bits per heavy atom. The van der Waals surface area contributed by atoms with Crippen molar-refractivity contribution in [1.29, 1.82) is 0 Å². The van der Waals surface area contributed by atoms with Crippen LogP contribution in [0, 0.1) is 0 Å². The normalized spacial score (nSPS) is 15.6. The zero-order chi connectivity index (χ0) is 12.4. The van der Waals surface area contributed by atoms with Gasteiger partial charge in [0.2, 0.25) is 0 Å². The predicted octanol–water partition coefficient (Wildman–Crippen LogP) is 1.90. The summed E-state index contributed by atoms with van der Waals surface area (Å²) in [5.41, 5.74) is 0.0885. The van der Waals surface area contributed by atoms with E-state index in [2.05, 4.69) is 14.9 Å². The maximum atomic E-state index is 11.0. The highest BCUT2D eigenvalue weighted by Gasteiger charge is 2.18. The van der Waals surface area contributed by atoms with Crippen LogP contribution in [0.25, 0.3) is 0 Å². The third kappa shape index (κ3) is 2.54. The van der Waals surface area contributed by atoms with E-state index in [1.54, 1.807) is 6.07 Å². The molecule has 17 heavy (non-hydrogen) atoms. The van der Waals surface area contributed by atoms with Crippen LogP contribution < -0.4 is 4.90 Å². The van der Waals surface area contributed by atoms with Crippen molar-refractivity contribution < 1.29 is 9.90 Å². The van der Waals surface area contributed by atoms with Gasteiger partial charge in [-0.1, -0.05) is 13.8 Å². The molecule has 0 aliphatic carbocycles. The summed E-state index contributed by atoms with van der Waals surface area (Å²) < 4.78 is 0. The zero-order valence-electron chi connectivity index (χ0n) is 10.2. The molecular formula is C12H17N3O2. The lowest BCUT2D eigenvalue weighted by Gasteiger charge is -2.18. The van der Waals surface area contributed by atoms with Gasteiger partial charge in [0, 0.05) is 25.1 Å². The first-order valence-corrected chi connectivity index (χ1v) is 5.95. The van der Waals surface area contributed by atoms with E-state index in [-0.39, 0.29) is 11.6 Å². The summed E-state index contributed by atoms with van der Waals surface area (Å²) in [6.45, 7) is 5.84. The van der Waals surface area contributed by atoms with E-state index in [1.807, 2.05) is 13.8 Å². The number of aromatic carboxylic acids is 1. The number of carboxylic acid groups (broad SMARTS) is 1. The second-order valence-electron chi connectivity index (χ2n) is 4.62. The molecule has 0 amide bonds. The van der Waals surface area contributed by atoms with E-state index < -0.39 is 5.97 Å². The fourth-order valence-electron chi connectivity index (χ4n) is 1.93. The molecule has 92 valence electrons. The maximum Gasteiger partial charge on any atom is 0.354 e. The zero-order valence-corrected chi connectivity index (χ0v) is 10.2. The van der Waals surface area contributed by atoms with Gasteiger partial charge < -0.3 is 10.0 Å². The minimum atomic E-state index is -0.991. The Morgan fingerprint density at radius 1 is 1.35 bits per heavy atom. The van der Waals surface area contributed by atoms with E-state index in [1.165, 1.54) is 0 Å². The maximum absolute atomic E-state index is 11.0. The molecule has 2 rings (SSSR count). The van der Waals surface area contributed by atoms with Crippen LogP contribution >= 0.6 is 0 Å². The van der Waals surface area contributed by atoms with Crippen molar-refractivity contribution >= 4 is 11.8 Å². The van der Waals surface area contributed by atoms with Gasteiger partial charge >= 0.3 is 5.97 Å². The number of carbonyl (C=O) groups is 1. The number of hydrogen-bond acceptors (Lipinski definition) is 4. The highest BCUT2D eigenvalue weighted by Crippen LogP contribution is 2.21. The molecule has 0 atom stereocenters. The molecular weight excluding hydrogens is 218 g/mol. The van der Waals surface area contributed by atoms with Crippen molar-refractivity contribution in [2.24, 2.45) is 0 Å². The van der Waals surface area contributed by atoms with E-state index in [0.29, 0.717) is 5.82 Å². The highest BCUT2D eigenvalue weighted by atomic mass is 16.4. The van der Waals surface area contributed by atoms with Gasteiger partial charge in [-0.3, -0.25) is 0 Å². The monoisotopic (exact) mass is 235 g/mol. The summed E-state index contributed by atoms with van der Waals surface area (Å²) in [5.74, 6) is 0.496. The van der Waals surface area contributed by atoms with Crippen LogP contribution in [0.3, 0.4) is 0 Å². The molecule has 5 nitrogen and oxygen atoms in total. The average molecular weight is 235 g/mol. The molecule has 1 saturated heterocycles. The number of hydrogen-bond donors (Lipinski definition) is 1. The summed E-state index contributed by atoms with van der Waals surface area (Å²) >= 11 is 0. The number of nitrogens with zero attached hydrogens (tertiary/aromatic N) is 3. The molecule has 1 aliphatic rings. The predicted molar refractivity (Wildman–Crippen MR) is 64.5 cm³/mol. The topological polar surface area (TPSA) is 66.3 Å². The molecule has 2 heterocycles. The number of aromatic nitrogens is 2. The molecule has 5 heteroatoms. The highest BCUT2D eigenvalue weighted by molar-refractivity contribution is 5.86. The van der Waals surface area contributed by atoms with Gasteiger partial charge in [-0.15, -0.1) is 0 Å². The van der Waals surface area contributed by atoms with Crippen molar-refractivity contribution in [1.82, 2.24) is 9.97 Å². The summed E-state index contributed by atoms with van der Waals surface area (Å²) in [7, 11) is 0. The third-order valence-corrected chi connectivity index (χ3v) is 2.90. The van der Waals surface area contributed by atoms with Gasteiger partial charge in [0.05, 0.1) is 0 Å². The van der Waals surface area contributed by atoms with Crippen LogP contribution in [0.4, 0.5) is 5.82 Å². The minimum absolute atomic E-state index is 0.0885. The Morgan fingerprint density at radius 3 is 2.53 bits per heavy atom. The van der Waals surface area contributed by atoms with E-state index in [0.717, 1.165) is 31.7 Å². The molecule has 0 spiro atoms. The first-order chi connectivity index (χ1) is 8.08. The van der Waals surface area contributed by atoms with Crippen molar-refractivity contribution in [2.45, 2.75) is 32.6 Å². The number of carboxylic acids is 1. The second-order valence-corrected chi connectivity index (χ2v) is 4.62. The van der Waals surface area contributed by atoms with Crippen LogP contribution in [0.5, 0.6) is 0 Å². The largest absolute Gasteiger partial charge is 0.477 e. The van der Waals surface area contributed by atoms with Crippen LogP contribution in [-0.4, -0.2) is 34.1 Å². The van der Waals surface area contributed by atoms with Gasteiger partial charge in [0.1, 0.15) is 11.6 Å². The van der Waals surface area contributed by atoms with Crippen LogP contribution in [0.1, 0.15) is 48.9 Å². The van der Waals surface area contributed by atoms with E-state index >= 15 is 0 Å². The van der Waals surface area contributed by atoms with Crippen molar-refractivity contribution in [2.75, 3.05) is 18.0 Å². The Balaban J connectivity index is 2.39. The minimum Gasteiger partial charge on any atom is -0.477 e. The Hall–Kier alpha value is -1.65. The van der Waals surface area contributed by atoms with Gasteiger partial charge in [-0.2, -0.15) is 0 Å². The van der Waals surface area contributed by atoms with Crippen molar-refractivity contribution in [3.63, 3.8) is 0 Å². The summed E-state index contributed by atoms with van der Waals surface area (Å²) in [6, 6.07) is 1.57. The van der Waals surface area contributed by atoms with Gasteiger partial charge in [0.25, 0.3) is 0 Å². The molecule has 1 aromatic heterocycles. The Labute approximate surface area is 100 Å². The summed E-state index contributed by atoms with van der Waals surface area (Å²) in [6.07, 6.45) is 2.28. The fraction of sp³-hybridized carbons (Fsp3) is 0.583. The van der Waals surface area contributed by atoms with Crippen LogP contribution in [0.15, 0.2) is 6.07 Å². The van der Waals surface area contributed by atoms with Crippen LogP contribution in [0.2, 0.25) is 0 Å². The average Bonchev–Trinajstić information content (AvgIpc) is 2.81. The molecule has 1 aromatic rings. The molecule has 1 N–H and O–H groups in total. The number of rotatable bonds is 3. The quantitative estimate of drug-likeness (QED) is 0.866. The molecule has 1 aliphatic heterocycles. The lowest BCUT2D eigenvalue weighted by Crippen LogP contribution is -2.21. The molecule has 0 bridgehead atoms.